The number of hydrogen-bond acceptors (Lipinski definition) is 4. The van der Waals surface area contributed by atoms with E-state index in [1.54, 1.807) is 12.4 Å². The summed E-state index contributed by atoms with van der Waals surface area (Å²) in [6, 6.07) is 0. The van der Waals surface area contributed by atoms with Crippen molar-refractivity contribution in [2.24, 2.45) is 0 Å². The zero-order chi connectivity index (χ0) is 9.97. The minimum atomic E-state index is 0.737. The molecule has 2 rings (SSSR count). The SMILES string of the molecule is [CH2]c1cncc(N2CCN(C)CC2)n1. The fraction of sp³-hybridized carbons (Fsp3) is 0.500. The third-order valence-corrected chi connectivity index (χ3v) is 2.50. The Bertz CT molecular complexity index is 305. The molecule has 1 aromatic rings. The van der Waals surface area contributed by atoms with E-state index in [2.05, 4.69) is 33.7 Å². The molecule has 1 saturated heterocycles. The monoisotopic (exact) mass is 191 g/mol. The van der Waals surface area contributed by atoms with E-state index in [0.717, 1.165) is 37.7 Å². The van der Waals surface area contributed by atoms with Gasteiger partial charge < -0.3 is 9.80 Å². The van der Waals surface area contributed by atoms with E-state index in [1.165, 1.54) is 0 Å². The molecular weight excluding hydrogens is 176 g/mol. The van der Waals surface area contributed by atoms with E-state index < -0.39 is 0 Å². The molecule has 2 heterocycles. The van der Waals surface area contributed by atoms with E-state index in [9.17, 15) is 0 Å². The first-order valence-electron chi connectivity index (χ1n) is 4.83. The fourth-order valence-electron chi connectivity index (χ4n) is 1.58. The molecule has 4 nitrogen and oxygen atoms in total. The summed E-state index contributed by atoms with van der Waals surface area (Å²) >= 11 is 0. The normalized spacial score (nSPS) is 18.6. The molecule has 1 fully saturated rings. The van der Waals surface area contributed by atoms with Gasteiger partial charge in [-0.1, -0.05) is 0 Å². The average Bonchev–Trinajstić information content (AvgIpc) is 2.19. The third kappa shape index (κ3) is 2.01. The van der Waals surface area contributed by atoms with Crippen molar-refractivity contribution >= 4 is 5.82 Å². The van der Waals surface area contributed by atoms with Gasteiger partial charge in [-0.2, -0.15) is 0 Å². The second-order valence-corrected chi connectivity index (χ2v) is 3.66. The maximum atomic E-state index is 4.36. The molecule has 0 saturated carbocycles. The predicted octanol–water partition coefficient (Wildman–Crippen LogP) is 0.411. The summed E-state index contributed by atoms with van der Waals surface area (Å²) in [5.41, 5.74) is 0.737. The van der Waals surface area contributed by atoms with E-state index in [4.69, 9.17) is 0 Å². The van der Waals surface area contributed by atoms with E-state index in [1.807, 2.05) is 0 Å². The molecule has 0 aliphatic carbocycles. The van der Waals surface area contributed by atoms with Crippen molar-refractivity contribution in [1.29, 1.82) is 0 Å². The Hall–Kier alpha value is -1.16. The summed E-state index contributed by atoms with van der Waals surface area (Å²) in [5.74, 6) is 0.950. The van der Waals surface area contributed by atoms with Crippen LogP contribution in [0.4, 0.5) is 5.82 Å². The van der Waals surface area contributed by atoms with Crippen LogP contribution in [-0.2, 0) is 0 Å². The smallest absolute Gasteiger partial charge is 0.147 e. The fourth-order valence-corrected chi connectivity index (χ4v) is 1.58. The first-order chi connectivity index (χ1) is 6.75. The Morgan fingerprint density at radius 1 is 1.21 bits per heavy atom. The molecule has 4 heteroatoms. The van der Waals surface area contributed by atoms with Crippen molar-refractivity contribution in [2.45, 2.75) is 0 Å². The molecule has 0 unspecified atom stereocenters. The lowest BCUT2D eigenvalue weighted by Gasteiger charge is -2.33. The van der Waals surface area contributed by atoms with Gasteiger partial charge in [-0.15, -0.1) is 0 Å². The van der Waals surface area contributed by atoms with Gasteiger partial charge in [0, 0.05) is 32.4 Å². The molecule has 0 amide bonds. The summed E-state index contributed by atoms with van der Waals surface area (Å²) in [6.07, 6.45) is 3.49. The maximum Gasteiger partial charge on any atom is 0.147 e. The molecule has 1 radical (unpaired) electrons. The minimum absolute atomic E-state index is 0.737. The van der Waals surface area contributed by atoms with Crippen LogP contribution in [0.15, 0.2) is 12.4 Å². The van der Waals surface area contributed by atoms with Crippen molar-refractivity contribution in [2.75, 3.05) is 38.1 Å². The number of aromatic nitrogens is 2. The Kier molecular flexibility index (Phi) is 2.63. The largest absolute Gasteiger partial charge is 0.353 e. The van der Waals surface area contributed by atoms with Gasteiger partial charge >= 0.3 is 0 Å². The highest BCUT2D eigenvalue weighted by molar-refractivity contribution is 5.37. The van der Waals surface area contributed by atoms with Crippen molar-refractivity contribution in [3.8, 4) is 0 Å². The zero-order valence-electron chi connectivity index (χ0n) is 8.48. The van der Waals surface area contributed by atoms with Gasteiger partial charge in [-0.05, 0) is 14.0 Å². The van der Waals surface area contributed by atoms with Crippen LogP contribution in [0.2, 0.25) is 0 Å². The lowest BCUT2D eigenvalue weighted by Crippen LogP contribution is -2.44. The van der Waals surface area contributed by atoms with Gasteiger partial charge in [-0.3, -0.25) is 4.98 Å². The first-order valence-corrected chi connectivity index (χ1v) is 4.83. The van der Waals surface area contributed by atoms with Gasteiger partial charge in [0.2, 0.25) is 0 Å². The molecule has 14 heavy (non-hydrogen) atoms. The molecule has 0 spiro atoms. The molecule has 75 valence electrons. The van der Waals surface area contributed by atoms with Gasteiger partial charge in [0.25, 0.3) is 0 Å². The number of rotatable bonds is 1. The van der Waals surface area contributed by atoms with Crippen LogP contribution in [0.5, 0.6) is 0 Å². The molecule has 1 aliphatic rings. The Balaban J connectivity index is 2.08. The highest BCUT2D eigenvalue weighted by atomic mass is 15.3. The highest BCUT2D eigenvalue weighted by Gasteiger charge is 2.15. The standard InChI is InChI=1S/C10H15N4/c1-9-7-11-8-10(12-9)14-5-3-13(2)4-6-14/h7-8H,1,3-6H2,2H3. The topological polar surface area (TPSA) is 32.3 Å². The van der Waals surface area contributed by atoms with E-state index >= 15 is 0 Å². The molecule has 0 atom stereocenters. The van der Waals surface area contributed by atoms with Crippen molar-refractivity contribution in [1.82, 2.24) is 14.9 Å². The Morgan fingerprint density at radius 2 is 1.93 bits per heavy atom. The van der Waals surface area contributed by atoms with Crippen LogP contribution in [0.25, 0.3) is 0 Å². The summed E-state index contributed by atoms with van der Waals surface area (Å²) in [7, 11) is 2.14. The molecule has 0 bridgehead atoms. The van der Waals surface area contributed by atoms with Crippen molar-refractivity contribution in [3.05, 3.63) is 25.0 Å². The minimum Gasteiger partial charge on any atom is -0.353 e. The number of anilines is 1. The zero-order valence-corrected chi connectivity index (χ0v) is 8.48. The van der Waals surface area contributed by atoms with Crippen LogP contribution in [0.1, 0.15) is 5.69 Å². The third-order valence-electron chi connectivity index (χ3n) is 2.50. The first kappa shape index (κ1) is 9.40. The number of piperazine rings is 1. The van der Waals surface area contributed by atoms with Crippen LogP contribution < -0.4 is 4.90 Å². The highest BCUT2D eigenvalue weighted by Crippen LogP contribution is 2.11. The maximum absolute atomic E-state index is 4.36. The van der Waals surface area contributed by atoms with E-state index in [-0.39, 0.29) is 0 Å². The molecule has 1 aromatic heterocycles. The van der Waals surface area contributed by atoms with Gasteiger partial charge in [-0.25, -0.2) is 4.98 Å². The summed E-state index contributed by atoms with van der Waals surface area (Å²) < 4.78 is 0. The lowest BCUT2D eigenvalue weighted by molar-refractivity contribution is 0.312. The number of likely N-dealkylation sites (N-methyl/N-ethyl adjacent to an activating group) is 1. The lowest BCUT2D eigenvalue weighted by atomic mass is 10.3. The number of nitrogens with zero attached hydrogens (tertiary/aromatic N) is 4. The van der Waals surface area contributed by atoms with Crippen LogP contribution in [-0.4, -0.2) is 48.1 Å². The van der Waals surface area contributed by atoms with Crippen LogP contribution in [0.3, 0.4) is 0 Å². The van der Waals surface area contributed by atoms with Crippen LogP contribution >= 0.6 is 0 Å². The molecule has 0 aromatic carbocycles. The van der Waals surface area contributed by atoms with Crippen molar-refractivity contribution < 1.29 is 0 Å². The van der Waals surface area contributed by atoms with Crippen molar-refractivity contribution in [3.63, 3.8) is 0 Å². The summed E-state index contributed by atoms with van der Waals surface area (Å²) in [6.45, 7) is 8.00. The Labute approximate surface area is 84.6 Å². The summed E-state index contributed by atoms with van der Waals surface area (Å²) in [4.78, 5) is 13.0. The van der Waals surface area contributed by atoms with Gasteiger partial charge in [0.15, 0.2) is 0 Å². The number of hydrogen-bond donors (Lipinski definition) is 0. The van der Waals surface area contributed by atoms with Gasteiger partial charge in [0.05, 0.1) is 11.9 Å². The summed E-state index contributed by atoms with van der Waals surface area (Å²) in [5, 5.41) is 0. The average molecular weight is 191 g/mol. The van der Waals surface area contributed by atoms with Gasteiger partial charge in [0.1, 0.15) is 5.82 Å². The molecular formula is C10H15N4. The second-order valence-electron chi connectivity index (χ2n) is 3.66. The van der Waals surface area contributed by atoms with Crippen LogP contribution in [0, 0.1) is 6.92 Å². The van der Waals surface area contributed by atoms with E-state index in [0.29, 0.717) is 0 Å². The quantitative estimate of drug-likeness (QED) is 0.643. The second kappa shape index (κ2) is 3.92. The molecule has 0 N–H and O–H groups in total. The predicted molar refractivity (Wildman–Crippen MR) is 56.2 cm³/mol. The Morgan fingerprint density at radius 3 is 2.57 bits per heavy atom. The molecule has 1 aliphatic heterocycles.